The van der Waals surface area contributed by atoms with Gasteiger partial charge in [0.05, 0.1) is 17.4 Å². The van der Waals surface area contributed by atoms with Crippen molar-refractivity contribution in [3.05, 3.63) is 57.2 Å². The van der Waals surface area contributed by atoms with Crippen LogP contribution < -0.4 is 15.3 Å². The van der Waals surface area contributed by atoms with Gasteiger partial charge in [-0.3, -0.25) is 4.79 Å². The second kappa shape index (κ2) is 6.04. The molecule has 1 heterocycles. The summed E-state index contributed by atoms with van der Waals surface area (Å²) < 4.78 is 33.9. The molecule has 0 fully saturated rings. The fourth-order valence-corrected chi connectivity index (χ4v) is 3.30. The Kier molecular flexibility index (Phi) is 4.20. The number of sulfonamides is 1. The minimum atomic E-state index is -3.78. The third-order valence-electron chi connectivity index (χ3n) is 3.49. The van der Waals surface area contributed by atoms with Crippen LogP contribution in [0.1, 0.15) is 0 Å². The van der Waals surface area contributed by atoms with Crippen LogP contribution in [0.2, 0.25) is 0 Å². The summed E-state index contributed by atoms with van der Waals surface area (Å²) >= 11 is 3.25. The molecular formula is C16H12BrNO5S. The van der Waals surface area contributed by atoms with Crippen molar-refractivity contribution >= 4 is 36.9 Å². The van der Waals surface area contributed by atoms with E-state index in [9.17, 15) is 13.2 Å². The van der Waals surface area contributed by atoms with Gasteiger partial charge in [-0.25, -0.2) is 13.6 Å². The third kappa shape index (κ3) is 2.95. The molecule has 0 spiro atoms. The SMILES string of the molecule is COc1ccc2c(=O)c(Br)c(-c3ccc(S(N)(=O)=O)cc3)oc2c1. The zero-order chi connectivity index (χ0) is 17.5. The van der Waals surface area contributed by atoms with E-state index in [4.69, 9.17) is 14.3 Å². The fraction of sp³-hybridized carbons (Fsp3) is 0.0625. The van der Waals surface area contributed by atoms with Gasteiger partial charge in [0.15, 0.2) is 5.76 Å². The Morgan fingerprint density at radius 3 is 2.38 bits per heavy atom. The predicted molar refractivity (Wildman–Crippen MR) is 93.5 cm³/mol. The average molecular weight is 410 g/mol. The standard InChI is InChI=1S/C16H12BrNO5S/c1-22-10-4-7-12-13(8-10)23-16(14(17)15(12)19)9-2-5-11(6-3-9)24(18,20)21/h2-8H,1H3,(H2,18,20,21). The van der Waals surface area contributed by atoms with Gasteiger partial charge >= 0.3 is 0 Å². The minimum Gasteiger partial charge on any atom is -0.497 e. The zero-order valence-electron chi connectivity index (χ0n) is 12.4. The van der Waals surface area contributed by atoms with Gasteiger partial charge in [-0.1, -0.05) is 0 Å². The van der Waals surface area contributed by atoms with E-state index in [1.165, 1.54) is 31.4 Å². The molecule has 0 radical (unpaired) electrons. The first-order chi connectivity index (χ1) is 11.3. The van der Waals surface area contributed by atoms with E-state index >= 15 is 0 Å². The van der Waals surface area contributed by atoms with Crippen molar-refractivity contribution in [1.29, 1.82) is 0 Å². The zero-order valence-corrected chi connectivity index (χ0v) is 14.8. The summed E-state index contributed by atoms with van der Waals surface area (Å²) in [6.07, 6.45) is 0. The third-order valence-corrected chi connectivity index (χ3v) is 5.14. The van der Waals surface area contributed by atoms with Crippen LogP contribution in [-0.4, -0.2) is 15.5 Å². The predicted octanol–water partition coefficient (Wildman–Crippen LogP) is 2.88. The van der Waals surface area contributed by atoms with Crippen LogP contribution in [0.5, 0.6) is 5.75 Å². The molecule has 3 rings (SSSR count). The molecule has 0 aliphatic rings. The first kappa shape index (κ1) is 16.7. The number of halogens is 1. The largest absolute Gasteiger partial charge is 0.497 e. The molecule has 0 aliphatic heterocycles. The van der Waals surface area contributed by atoms with Crippen molar-refractivity contribution in [3.8, 4) is 17.1 Å². The summed E-state index contributed by atoms with van der Waals surface area (Å²) in [7, 11) is -2.27. The Labute approximate surface area is 146 Å². The molecule has 0 saturated carbocycles. The van der Waals surface area contributed by atoms with Crippen molar-refractivity contribution in [2.75, 3.05) is 7.11 Å². The lowest BCUT2D eigenvalue weighted by molar-refractivity contribution is 0.414. The van der Waals surface area contributed by atoms with Gasteiger partial charge < -0.3 is 9.15 Å². The van der Waals surface area contributed by atoms with Crippen molar-refractivity contribution in [2.45, 2.75) is 4.90 Å². The Bertz CT molecular complexity index is 1090. The molecular weight excluding hydrogens is 398 g/mol. The van der Waals surface area contributed by atoms with E-state index in [-0.39, 0.29) is 14.8 Å². The number of hydrogen-bond donors (Lipinski definition) is 1. The van der Waals surface area contributed by atoms with Gasteiger partial charge in [0, 0.05) is 11.6 Å². The molecule has 24 heavy (non-hydrogen) atoms. The maximum Gasteiger partial charge on any atom is 0.238 e. The summed E-state index contributed by atoms with van der Waals surface area (Å²) in [5.41, 5.74) is 0.675. The van der Waals surface area contributed by atoms with Crippen molar-refractivity contribution in [3.63, 3.8) is 0 Å². The number of nitrogens with two attached hydrogens (primary N) is 1. The lowest BCUT2D eigenvalue weighted by atomic mass is 10.1. The molecule has 0 atom stereocenters. The molecule has 0 bridgehead atoms. The number of fused-ring (bicyclic) bond motifs is 1. The second-order valence-electron chi connectivity index (χ2n) is 5.01. The molecule has 124 valence electrons. The Hall–Kier alpha value is -2.16. The van der Waals surface area contributed by atoms with E-state index in [0.717, 1.165) is 0 Å². The average Bonchev–Trinajstić information content (AvgIpc) is 2.57. The fourth-order valence-electron chi connectivity index (χ4n) is 2.26. The van der Waals surface area contributed by atoms with E-state index in [1.807, 2.05) is 0 Å². The van der Waals surface area contributed by atoms with Crippen molar-refractivity contribution in [1.82, 2.24) is 0 Å². The molecule has 1 aromatic heterocycles. The van der Waals surface area contributed by atoms with Crippen molar-refractivity contribution < 1.29 is 17.6 Å². The van der Waals surface area contributed by atoms with E-state index in [1.54, 1.807) is 18.2 Å². The maximum atomic E-state index is 12.5. The number of rotatable bonds is 3. The van der Waals surface area contributed by atoms with Gasteiger partial charge in [-0.15, -0.1) is 0 Å². The summed E-state index contributed by atoms with van der Waals surface area (Å²) in [5, 5.41) is 5.49. The van der Waals surface area contributed by atoms with Crippen LogP contribution in [0, 0.1) is 0 Å². The van der Waals surface area contributed by atoms with E-state index in [2.05, 4.69) is 15.9 Å². The number of methoxy groups -OCH3 is 1. The molecule has 0 aliphatic carbocycles. The number of primary sulfonamides is 1. The normalized spacial score (nSPS) is 11.6. The highest BCUT2D eigenvalue weighted by Crippen LogP contribution is 2.31. The summed E-state index contributed by atoms with van der Waals surface area (Å²) in [5.74, 6) is 0.852. The lowest BCUT2D eigenvalue weighted by Crippen LogP contribution is -2.11. The maximum absolute atomic E-state index is 12.5. The molecule has 8 heteroatoms. The quantitative estimate of drug-likeness (QED) is 0.716. The molecule has 2 N–H and O–H groups in total. The van der Waals surface area contributed by atoms with Crippen LogP contribution in [0.25, 0.3) is 22.3 Å². The van der Waals surface area contributed by atoms with Gasteiger partial charge in [-0.2, -0.15) is 0 Å². The lowest BCUT2D eigenvalue weighted by Gasteiger charge is -2.08. The molecule has 6 nitrogen and oxygen atoms in total. The highest BCUT2D eigenvalue weighted by molar-refractivity contribution is 9.10. The smallest absolute Gasteiger partial charge is 0.238 e. The second-order valence-corrected chi connectivity index (χ2v) is 7.36. The summed E-state index contributed by atoms with van der Waals surface area (Å²) in [6, 6.07) is 10.7. The number of benzene rings is 2. The van der Waals surface area contributed by atoms with E-state index < -0.39 is 10.0 Å². The van der Waals surface area contributed by atoms with E-state index in [0.29, 0.717) is 28.0 Å². The highest BCUT2D eigenvalue weighted by Gasteiger charge is 2.15. The van der Waals surface area contributed by atoms with Gasteiger partial charge in [0.1, 0.15) is 15.8 Å². The van der Waals surface area contributed by atoms with Gasteiger partial charge in [0.25, 0.3) is 0 Å². The highest BCUT2D eigenvalue weighted by atomic mass is 79.9. The Morgan fingerprint density at radius 2 is 1.79 bits per heavy atom. The van der Waals surface area contributed by atoms with Crippen LogP contribution in [-0.2, 0) is 10.0 Å². The molecule has 3 aromatic rings. The van der Waals surface area contributed by atoms with Crippen LogP contribution in [0.3, 0.4) is 0 Å². The Balaban J connectivity index is 2.22. The van der Waals surface area contributed by atoms with Crippen LogP contribution in [0.15, 0.2) is 61.0 Å². The minimum absolute atomic E-state index is 0.0211. The first-order valence-electron chi connectivity index (χ1n) is 6.75. The van der Waals surface area contributed by atoms with Gasteiger partial charge in [-0.05, 0) is 52.3 Å². The summed E-state index contributed by atoms with van der Waals surface area (Å²) in [4.78, 5) is 12.5. The topological polar surface area (TPSA) is 99.6 Å². The molecule has 0 unspecified atom stereocenters. The first-order valence-corrected chi connectivity index (χ1v) is 9.09. The van der Waals surface area contributed by atoms with Crippen LogP contribution in [0.4, 0.5) is 0 Å². The summed E-state index contributed by atoms with van der Waals surface area (Å²) in [6.45, 7) is 0. The Morgan fingerprint density at radius 1 is 1.12 bits per heavy atom. The van der Waals surface area contributed by atoms with Crippen molar-refractivity contribution in [2.24, 2.45) is 5.14 Å². The molecule has 0 amide bonds. The number of ether oxygens (including phenoxy) is 1. The molecule has 2 aromatic carbocycles. The van der Waals surface area contributed by atoms with Gasteiger partial charge in [0.2, 0.25) is 15.5 Å². The monoisotopic (exact) mass is 409 g/mol. The van der Waals surface area contributed by atoms with Crippen LogP contribution >= 0.6 is 15.9 Å². The molecule has 0 saturated heterocycles. The number of hydrogen-bond acceptors (Lipinski definition) is 5.